The molecule has 2 aliphatic heterocycles. The molecule has 1 atom stereocenters. The first-order chi connectivity index (χ1) is 15.0. The number of likely N-dealkylation sites (tertiary alicyclic amines) is 1. The zero-order valence-electron chi connectivity index (χ0n) is 17.6. The Morgan fingerprint density at radius 3 is 2.61 bits per heavy atom. The molecule has 4 rings (SSSR count). The summed E-state index contributed by atoms with van der Waals surface area (Å²) in [7, 11) is 0. The number of rotatable bonds is 5. The maximum absolute atomic E-state index is 13.0. The molecule has 4 heterocycles. The molecule has 9 heteroatoms. The second kappa shape index (κ2) is 8.91. The van der Waals surface area contributed by atoms with Crippen molar-refractivity contribution in [2.45, 2.75) is 19.9 Å². The number of amides is 1. The number of carbonyl (C=O) groups excluding carboxylic acids is 2. The van der Waals surface area contributed by atoms with E-state index >= 15 is 0 Å². The Kier molecular flexibility index (Phi) is 6.06. The van der Waals surface area contributed by atoms with Gasteiger partial charge in [-0.05, 0) is 26.0 Å². The number of aryl methyl sites for hydroxylation is 2. The Hall–Kier alpha value is -3.17. The molecule has 0 aliphatic carbocycles. The Morgan fingerprint density at radius 1 is 1.16 bits per heavy atom. The fourth-order valence-electron chi connectivity index (χ4n) is 3.99. The van der Waals surface area contributed by atoms with E-state index in [-0.39, 0.29) is 11.3 Å². The summed E-state index contributed by atoms with van der Waals surface area (Å²) in [6.07, 6.45) is 3.08. The van der Waals surface area contributed by atoms with E-state index in [9.17, 15) is 14.7 Å². The van der Waals surface area contributed by atoms with Gasteiger partial charge >= 0.3 is 0 Å². The number of morpholine rings is 1. The molecule has 1 amide bonds. The van der Waals surface area contributed by atoms with Crippen LogP contribution in [-0.4, -0.2) is 80.9 Å². The highest BCUT2D eigenvalue weighted by Gasteiger charge is 2.46. The molecule has 0 bridgehead atoms. The molecule has 0 saturated carbocycles. The molecule has 162 valence electrons. The average molecular weight is 423 g/mol. The minimum absolute atomic E-state index is 0.0150. The number of ether oxygens (including phenoxy) is 1. The fraction of sp³-hybridized carbons (Fsp3) is 0.409. The van der Waals surface area contributed by atoms with Crippen molar-refractivity contribution < 1.29 is 19.4 Å². The Balaban J connectivity index is 1.74. The van der Waals surface area contributed by atoms with Gasteiger partial charge in [0.05, 0.1) is 35.7 Å². The van der Waals surface area contributed by atoms with Gasteiger partial charge in [0.1, 0.15) is 17.6 Å². The van der Waals surface area contributed by atoms with Crippen LogP contribution in [0.1, 0.15) is 28.8 Å². The lowest BCUT2D eigenvalue weighted by Crippen LogP contribution is -2.42. The van der Waals surface area contributed by atoms with Crippen molar-refractivity contribution >= 4 is 17.4 Å². The maximum Gasteiger partial charge on any atom is 0.295 e. The standard InChI is InChI=1S/C22H25N5O4/c1-14-16(13-24-15(2)25-14)20(28)18-19(17-5-3-4-6-23-17)27(22(30)21(18)29)8-7-26-9-11-31-12-10-26/h3-6,13,19,28H,7-12H2,1-2H3/t19-/m0/s1. The van der Waals surface area contributed by atoms with E-state index in [1.54, 1.807) is 38.2 Å². The first-order valence-electron chi connectivity index (χ1n) is 10.3. The van der Waals surface area contributed by atoms with Crippen molar-refractivity contribution in [3.8, 4) is 0 Å². The third-order valence-corrected chi connectivity index (χ3v) is 5.62. The molecule has 2 saturated heterocycles. The number of aliphatic hydroxyl groups is 1. The van der Waals surface area contributed by atoms with Gasteiger partial charge in [-0.3, -0.25) is 19.5 Å². The van der Waals surface area contributed by atoms with Crippen LogP contribution in [0.25, 0.3) is 5.76 Å². The highest BCUT2D eigenvalue weighted by Crippen LogP contribution is 2.38. The van der Waals surface area contributed by atoms with E-state index in [1.807, 2.05) is 0 Å². The van der Waals surface area contributed by atoms with Gasteiger partial charge in [-0.2, -0.15) is 0 Å². The zero-order chi connectivity index (χ0) is 22.0. The lowest BCUT2D eigenvalue weighted by molar-refractivity contribution is -0.140. The molecule has 0 radical (unpaired) electrons. The van der Waals surface area contributed by atoms with E-state index in [1.165, 1.54) is 11.1 Å². The number of carbonyl (C=O) groups is 2. The minimum Gasteiger partial charge on any atom is -0.507 e. The Morgan fingerprint density at radius 2 is 1.94 bits per heavy atom. The zero-order valence-corrected chi connectivity index (χ0v) is 17.6. The molecular weight excluding hydrogens is 398 g/mol. The summed E-state index contributed by atoms with van der Waals surface area (Å²) in [5.41, 5.74) is 1.40. The predicted molar refractivity (Wildman–Crippen MR) is 112 cm³/mol. The molecule has 31 heavy (non-hydrogen) atoms. The van der Waals surface area contributed by atoms with Crippen LogP contribution in [0.4, 0.5) is 0 Å². The second-order valence-corrected chi connectivity index (χ2v) is 7.62. The minimum atomic E-state index is -0.775. The molecule has 2 aliphatic rings. The average Bonchev–Trinajstić information content (AvgIpc) is 3.03. The summed E-state index contributed by atoms with van der Waals surface area (Å²) in [6.45, 7) is 7.27. The monoisotopic (exact) mass is 423 g/mol. The first kappa shape index (κ1) is 21.1. The van der Waals surface area contributed by atoms with Gasteiger partial charge in [0, 0.05) is 38.6 Å². The van der Waals surface area contributed by atoms with Crippen molar-refractivity contribution in [1.29, 1.82) is 0 Å². The van der Waals surface area contributed by atoms with Crippen LogP contribution < -0.4 is 0 Å². The highest BCUT2D eigenvalue weighted by atomic mass is 16.5. The van der Waals surface area contributed by atoms with Gasteiger partial charge in [0.25, 0.3) is 11.7 Å². The lowest BCUT2D eigenvalue weighted by Gasteiger charge is -2.30. The van der Waals surface area contributed by atoms with Crippen LogP contribution in [0.5, 0.6) is 0 Å². The number of Topliss-reactive ketones (excluding diaryl/α,β-unsaturated/α-hetero) is 1. The maximum atomic E-state index is 13.0. The van der Waals surface area contributed by atoms with Gasteiger partial charge in [0.2, 0.25) is 0 Å². The van der Waals surface area contributed by atoms with Crippen LogP contribution in [0.15, 0.2) is 36.2 Å². The molecule has 0 aromatic carbocycles. The SMILES string of the molecule is Cc1ncc(C(O)=C2C(=O)C(=O)N(CCN3CCOCC3)[C@H]2c2ccccn2)c(C)n1. The van der Waals surface area contributed by atoms with Crippen LogP contribution in [-0.2, 0) is 14.3 Å². The summed E-state index contributed by atoms with van der Waals surface area (Å²) in [4.78, 5) is 42.5. The van der Waals surface area contributed by atoms with Crippen molar-refractivity contribution in [2.75, 3.05) is 39.4 Å². The molecule has 0 unspecified atom stereocenters. The van der Waals surface area contributed by atoms with E-state index < -0.39 is 17.7 Å². The third-order valence-electron chi connectivity index (χ3n) is 5.62. The summed E-state index contributed by atoms with van der Waals surface area (Å²) in [5, 5.41) is 11.1. The second-order valence-electron chi connectivity index (χ2n) is 7.62. The molecular formula is C22H25N5O4. The van der Waals surface area contributed by atoms with Crippen LogP contribution in [0.2, 0.25) is 0 Å². The van der Waals surface area contributed by atoms with Crippen LogP contribution >= 0.6 is 0 Å². The van der Waals surface area contributed by atoms with E-state index in [0.717, 1.165) is 13.1 Å². The summed E-state index contributed by atoms with van der Waals surface area (Å²) in [5.74, 6) is -1.09. The van der Waals surface area contributed by atoms with Crippen LogP contribution in [0.3, 0.4) is 0 Å². The van der Waals surface area contributed by atoms with Crippen molar-refractivity contribution in [1.82, 2.24) is 24.8 Å². The topological polar surface area (TPSA) is 109 Å². The highest BCUT2D eigenvalue weighted by molar-refractivity contribution is 6.46. The Bertz CT molecular complexity index is 1020. The summed E-state index contributed by atoms with van der Waals surface area (Å²) in [6, 6.07) is 4.54. The van der Waals surface area contributed by atoms with Gasteiger partial charge in [-0.1, -0.05) is 6.07 Å². The van der Waals surface area contributed by atoms with Gasteiger partial charge < -0.3 is 14.7 Å². The number of aromatic nitrogens is 3. The van der Waals surface area contributed by atoms with E-state index in [2.05, 4.69) is 19.9 Å². The lowest BCUT2D eigenvalue weighted by atomic mass is 9.98. The summed E-state index contributed by atoms with van der Waals surface area (Å²) >= 11 is 0. The van der Waals surface area contributed by atoms with Crippen LogP contribution in [0, 0.1) is 13.8 Å². The molecule has 1 N–H and O–H groups in total. The van der Waals surface area contributed by atoms with Gasteiger partial charge in [0.15, 0.2) is 0 Å². The number of hydrogen-bond acceptors (Lipinski definition) is 8. The number of hydrogen-bond donors (Lipinski definition) is 1. The Labute approximate surface area is 180 Å². The first-order valence-corrected chi connectivity index (χ1v) is 10.3. The quantitative estimate of drug-likeness (QED) is 0.435. The van der Waals surface area contributed by atoms with Gasteiger partial charge in [-0.15, -0.1) is 0 Å². The molecule has 0 spiro atoms. The van der Waals surface area contributed by atoms with E-state index in [0.29, 0.717) is 49.1 Å². The van der Waals surface area contributed by atoms with Gasteiger partial charge in [-0.25, -0.2) is 9.97 Å². The number of aliphatic hydroxyl groups excluding tert-OH is 1. The third kappa shape index (κ3) is 4.19. The van der Waals surface area contributed by atoms with E-state index in [4.69, 9.17) is 4.74 Å². The molecule has 9 nitrogen and oxygen atoms in total. The smallest absolute Gasteiger partial charge is 0.295 e. The number of ketones is 1. The molecule has 2 aromatic rings. The number of pyridine rings is 1. The molecule has 2 fully saturated rings. The number of nitrogens with zero attached hydrogens (tertiary/aromatic N) is 5. The summed E-state index contributed by atoms with van der Waals surface area (Å²) < 4.78 is 5.38. The van der Waals surface area contributed by atoms with Crippen molar-refractivity contribution in [3.63, 3.8) is 0 Å². The van der Waals surface area contributed by atoms with Crippen molar-refractivity contribution in [3.05, 3.63) is 58.9 Å². The normalized spacial score (nSPS) is 21.6. The predicted octanol–water partition coefficient (Wildman–Crippen LogP) is 1.24. The largest absolute Gasteiger partial charge is 0.507 e. The van der Waals surface area contributed by atoms with Crippen molar-refractivity contribution in [2.24, 2.45) is 0 Å². The molecule has 2 aromatic heterocycles. The fourth-order valence-corrected chi connectivity index (χ4v) is 3.99.